The minimum Gasteiger partial charge on any atom is -0.339 e. The number of aromatic nitrogens is 2. The zero-order valence-corrected chi connectivity index (χ0v) is 14.7. The summed E-state index contributed by atoms with van der Waals surface area (Å²) in [6.07, 6.45) is 1.71. The van der Waals surface area contributed by atoms with E-state index < -0.39 is 0 Å². The molecule has 26 heavy (non-hydrogen) atoms. The lowest BCUT2D eigenvalue weighted by Crippen LogP contribution is -2.47. The Bertz CT molecular complexity index is 917. The summed E-state index contributed by atoms with van der Waals surface area (Å²) >= 11 is 0. The average Bonchev–Trinajstić information content (AvgIpc) is 2.68. The maximum Gasteiger partial charge on any atom is 0.253 e. The Morgan fingerprint density at radius 3 is 2.38 bits per heavy atom. The summed E-state index contributed by atoms with van der Waals surface area (Å²) < 4.78 is 0. The number of anilines is 2. The Labute approximate surface area is 152 Å². The Hall–Kier alpha value is -2.99. The predicted octanol–water partition coefficient (Wildman–Crippen LogP) is 2.76. The van der Waals surface area contributed by atoms with Crippen LogP contribution < -0.4 is 5.32 Å². The zero-order chi connectivity index (χ0) is 17.9. The number of hydrogen-bond donors (Lipinski definition) is 1. The minimum atomic E-state index is 0.0927. The van der Waals surface area contributed by atoms with E-state index in [1.165, 1.54) is 0 Å². The fourth-order valence-corrected chi connectivity index (χ4v) is 3.05. The third-order valence-corrected chi connectivity index (χ3v) is 4.64. The van der Waals surface area contributed by atoms with Crippen molar-refractivity contribution in [1.82, 2.24) is 19.8 Å². The van der Waals surface area contributed by atoms with Crippen molar-refractivity contribution < 1.29 is 4.79 Å². The summed E-state index contributed by atoms with van der Waals surface area (Å²) in [6.45, 7) is 3.40. The molecule has 1 N–H and O–H groups in total. The molecule has 0 aliphatic carbocycles. The number of carbonyl (C=O) groups is 1. The third kappa shape index (κ3) is 3.50. The van der Waals surface area contributed by atoms with Crippen LogP contribution in [-0.2, 0) is 0 Å². The summed E-state index contributed by atoms with van der Waals surface area (Å²) in [6, 6.07) is 15.3. The van der Waals surface area contributed by atoms with Gasteiger partial charge >= 0.3 is 0 Å². The largest absolute Gasteiger partial charge is 0.339 e. The number of nitrogens with zero attached hydrogens (tertiary/aromatic N) is 4. The second-order valence-corrected chi connectivity index (χ2v) is 6.54. The molecule has 0 atom stereocenters. The normalized spacial score (nSPS) is 15.2. The van der Waals surface area contributed by atoms with E-state index in [2.05, 4.69) is 27.2 Å². The van der Waals surface area contributed by atoms with Crippen molar-refractivity contribution in [2.45, 2.75) is 0 Å². The molecule has 0 bridgehead atoms. The number of carbonyl (C=O) groups excluding carboxylic acids is 1. The van der Waals surface area contributed by atoms with Gasteiger partial charge in [0, 0.05) is 37.4 Å². The summed E-state index contributed by atoms with van der Waals surface area (Å²) in [5.41, 5.74) is 3.31. The molecular formula is C20H21N5O. The minimum absolute atomic E-state index is 0.0927. The van der Waals surface area contributed by atoms with Crippen LogP contribution in [-0.4, -0.2) is 58.9 Å². The highest BCUT2D eigenvalue weighted by atomic mass is 16.2. The van der Waals surface area contributed by atoms with Crippen molar-refractivity contribution in [2.24, 2.45) is 0 Å². The molecule has 2 aromatic carbocycles. The number of piperazine rings is 1. The third-order valence-electron chi connectivity index (χ3n) is 4.64. The van der Waals surface area contributed by atoms with E-state index in [1.807, 2.05) is 53.4 Å². The number of likely N-dealkylation sites (N-methyl/N-ethyl adjacent to an activating group) is 1. The molecule has 1 aromatic heterocycles. The van der Waals surface area contributed by atoms with Crippen LogP contribution >= 0.6 is 0 Å². The first-order valence-electron chi connectivity index (χ1n) is 8.76. The predicted molar refractivity (Wildman–Crippen MR) is 103 cm³/mol. The number of para-hydroxylation sites is 2. The molecule has 1 fully saturated rings. The van der Waals surface area contributed by atoms with Crippen LogP contribution in [0.1, 0.15) is 10.4 Å². The van der Waals surface area contributed by atoms with Gasteiger partial charge in [-0.2, -0.15) is 0 Å². The van der Waals surface area contributed by atoms with Gasteiger partial charge in [0.25, 0.3) is 5.91 Å². The van der Waals surface area contributed by atoms with Crippen LogP contribution in [0.15, 0.2) is 54.7 Å². The van der Waals surface area contributed by atoms with Crippen molar-refractivity contribution in [2.75, 3.05) is 38.5 Å². The molecule has 132 valence electrons. The van der Waals surface area contributed by atoms with Gasteiger partial charge in [-0.05, 0) is 43.4 Å². The maximum atomic E-state index is 12.6. The van der Waals surface area contributed by atoms with Crippen molar-refractivity contribution in [3.05, 3.63) is 60.3 Å². The molecule has 0 radical (unpaired) electrons. The number of rotatable bonds is 3. The lowest BCUT2D eigenvalue weighted by molar-refractivity contribution is 0.0664. The Kier molecular flexibility index (Phi) is 4.50. The second kappa shape index (κ2) is 7.09. The number of hydrogen-bond acceptors (Lipinski definition) is 5. The topological polar surface area (TPSA) is 61.4 Å². The summed E-state index contributed by atoms with van der Waals surface area (Å²) in [4.78, 5) is 25.7. The maximum absolute atomic E-state index is 12.6. The van der Waals surface area contributed by atoms with Crippen LogP contribution in [0.25, 0.3) is 11.0 Å². The van der Waals surface area contributed by atoms with Gasteiger partial charge in [-0.1, -0.05) is 12.1 Å². The smallest absolute Gasteiger partial charge is 0.253 e. The van der Waals surface area contributed by atoms with Crippen molar-refractivity contribution in [1.29, 1.82) is 0 Å². The highest BCUT2D eigenvalue weighted by molar-refractivity contribution is 5.94. The first kappa shape index (κ1) is 16.5. The second-order valence-electron chi connectivity index (χ2n) is 6.54. The van der Waals surface area contributed by atoms with Gasteiger partial charge in [0.1, 0.15) is 5.82 Å². The summed E-state index contributed by atoms with van der Waals surface area (Å²) in [7, 11) is 2.08. The van der Waals surface area contributed by atoms with Gasteiger partial charge < -0.3 is 15.1 Å². The monoisotopic (exact) mass is 347 g/mol. The fraction of sp³-hybridized carbons (Fsp3) is 0.250. The number of benzene rings is 2. The molecule has 1 aliphatic heterocycles. The van der Waals surface area contributed by atoms with Crippen molar-refractivity contribution in [3.8, 4) is 0 Å². The Morgan fingerprint density at radius 1 is 0.962 bits per heavy atom. The highest BCUT2D eigenvalue weighted by Gasteiger charge is 2.20. The molecule has 0 saturated carbocycles. The van der Waals surface area contributed by atoms with Gasteiger partial charge in [0.15, 0.2) is 0 Å². The van der Waals surface area contributed by atoms with Gasteiger partial charge in [0.05, 0.1) is 17.2 Å². The van der Waals surface area contributed by atoms with Gasteiger partial charge in [-0.15, -0.1) is 0 Å². The Balaban J connectivity index is 1.46. The quantitative estimate of drug-likeness (QED) is 0.789. The van der Waals surface area contributed by atoms with E-state index in [4.69, 9.17) is 0 Å². The van der Waals surface area contributed by atoms with Crippen molar-refractivity contribution in [3.63, 3.8) is 0 Å². The van der Waals surface area contributed by atoms with Crippen LogP contribution in [0, 0.1) is 0 Å². The van der Waals surface area contributed by atoms with E-state index >= 15 is 0 Å². The molecule has 4 rings (SSSR count). The molecule has 2 heterocycles. The molecule has 1 saturated heterocycles. The molecule has 0 spiro atoms. The summed E-state index contributed by atoms with van der Waals surface area (Å²) in [5.74, 6) is 0.775. The van der Waals surface area contributed by atoms with Gasteiger partial charge in [-0.3, -0.25) is 9.78 Å². The standard InChI is InChI=1S/C20H21N5O/c1-24-10-12-25(13-11-24)20(26)15-6-8-16(9-7-15)22-19-14-21-17-4-2-3-5-18(17)23-19/h2-9,14H,10-13H2,1H3,(H,22,23). The SMILES string of the molecule is CN1CCN(C(=O)c2ccc(Nc3cnc4ccccc4n3)cc2)CC1. The van der Waals surface area contributed by atoms with Crippen LogP contribution in [0.3, 0.4) is 0 Å². The van der Waals surface area contributed by atoms with Crippen LogP contribution in [0.4, 0.5) is 11.5 Å². The number of nitrogens with one attached hydrogen (secondary N) is 1. The number of fused-ring (bicyclic) bond motifs is 1. The molecule has 6 nitrogen and oxygen atoms in total. The van der Waals surface area contributed by atoms with Crippen LogP contribution in [0.2, 0.25) is 0 Å². The molecular weight excluding hydrogens is 326 g/mol. The van der Waals surface area contributed by atoms with E-state index in [-0.39, 0.29) is 5.91 Å². The molecule has 6 heteroatoms. The van der Waals surface area contributed by atoms with E-state index in [9.17, 15) is 4.79 Å². The first-order chi connectivity index (χ1) is 12.7. The fourth-order valence-electron chi connectivity index (χ4n) is 3.05. The van der Waals surface area contributed by atoms with E-state index in [0.717, 1.165) is 42.9 Å². The van der Waals surface area contributed by atoms with E-state index in [1.54, 1.807) is 6.20 Å². The lowest BCUT2D eigenvalue weighted by atomic mass is 10.1. The summed E-state index contributed by atoms with van der Waals surface area (Å²) in [5, 5.41) is 3.24. The molecule has 1 aliphatic rings. The molecule has 3 aromatic rings. The zero-order valence-electron chi connectivity index (χ0n) is 14.7. The average molecular weight is 347 g/mol. The Morgan fingerprint density at radius 2 is 1.65 bits per heavy atom. The first-order valence-corrected chi connectivity index (χ1v) is 8.76. The van der Waals surface area contributed by atoms with Crippen LogP contribution in [0.5, 0.6) is 0 Å². The van der Waals surface area contributed by atoms with Crippen molar-refractivity contribution >= 4 is 28.4 Å². The lowest BCUT2D eigenvalue weighted by Gasteiger charge is -2.32. The number of amides is 1. The van der Waals surface area contributed by atoms with E-state index in [0.29, 0.717) is 11.4 Å². The molecule has 0 unspecified atom stereocenters. The molecule has 1 amide bonds. The highest BCUT2D eigenvalue weighted by Crippen LogP contribution is 2.18. The van der Waals surface area contributed by atoms with Gasteiger partial charge in [-0.25, -0.2) is 4.98 Å². The van der Waals surface area contributed by atoms with Gasteiger partial charge in [0.2, 0.25) is 0 Å².